The molecule has 1 radical (unpaired) electrons. The third-order valence-corrected chi connectivity index (χ3v) is 4.33. The molecule has 6 heteroatoms. The van der Waals surface area contributed by atoms with Crippen molar-refractivity contribution in [3.63, 3.8) is 0 Å². The van der Waals surface area contributed by atoms with Crippen LogP contribution in [0.25, 0.3) is 11.3 Å². The van der Waals surface area contributed by atoms with Crippen molar-refractivity contribution in [3.8, 4) is 0 Å². The molecule has 3 aliphatic heterocycles. The lowest BCUT2D eigenvalue weighted by atomic mass is 10.0. The van der Waals surface area contributed by atoms with Gasteiger partial charge in [0.05, 0.1) is 5.70 Å². The molecule has 1 aromatic carbocycles. The molecule has 0 bridgehead atoms. The van der Waals surface area contributed by atoms with Gasteiger partial charge in [-0.2, -0.15) is 8.78 Å². The normalized spacial score (nSPS) is 22.3. The van der Waals surface area contributed by atoms with Gasteiger partial charge in [0.1, 0.15) is 6.17 Å². The SMILES string of the molecule is [CH2]C1=CC=CC2NC=C(c3ccc(C4=CN(C(F)F)NC4)cc3)N12. The molecule has 1 atom stereocenters. The van der Waals surface area contributed by atoms with Crippen molar-refractivity contribution >= 4 is 11.3 Å². The van der Waals surface area contributed by atoms with E-state index in [1.54, 1.807) is 0 Å². The molecule has 0 saturated carbocycles. The summed E-state index contributed by atoms with van der Waals surface area (Å²) in [6.07, 6.45) is 9.56. The van der Waals surface area contributed by atoms with Gasteiger partial charge in [0.2, 0.25) is 0 Å². The zero-order valence-corrected chi connectivity index (χ0v) is 12.9. The van der Waals surface area contributed by atoms with Crippen molar-refractivity contribution in [2.75, 3.05) is 6.54 Å². The maximum Gasteiger partial charge on any atom is 0.327 e. The number of hydrogen-bond acceptors (Lipinski definition) is 4. The second-order valence-electron chi connectivity index (χ2n) is 5.81. The highest BCUT2D eigenvalue weighted by molar-refractivity contribution is 5.73. The molecule has 0 aromatic heterocycles. The highest BCUT2D eigenvalue weighted by atomic mass is 19.3. The van der Waals surface area contributed by atoms with Gasteiger partial charge in [0.15, 0.2) is 0 Å². The molecule has 0 amide bonds. The number of rotatable bonds is 3. The summed E-state index contributed by atoms with van der Waals surface area (Å²) in [5.41, 5.74) is 7.46. The first-order chi connectivity index (χ1) is 11.6. The molecule has 123 valence electrons. The van der Waals surface area contributed by atoms with Crippen LogP contribution in [0.1, 0.15) is 11.1 Å². The van der Waals surface area contributed by atoms with Crippen molar-refractivity contribution in [2.45, 2.75) is 12.7 Å². The Bertz CT molecular complexity index is 762. The fraction of sp³-hybridized carbons (Fsp3) is 0.167. The molecule has 3 heterocycles. The highest BCUT2D eigenvalue weighted by Gasteiger charge is 2.27. The fourth-order valence-electron chi connectivity index (χ4n) is 3.10. The van der Waals surface area contributed by atoms with Gasteiger partial charge in [-0.1, -0.05) is 30.3 Å². The van der Waals surface area contributed by atoms with Crippen molar-refractivity contribution in [1.82, 2.24) is 20.7 Å². The minimum atomic E-state index is -2.54. The lowest BCUT2D eigenvalue weighted by molar-refractivity contribution is -0.0170. The number of fused-ring (bicyclic) bond motifs is 1. The first-order valence-electron chi connectivity index (χ1n) is 7.71. The van der Waals surface area contributed by atoms with Gasteiger partial charge < -0.3 is 10.2 Å². The first kappa shape index (κ1) is 15.0. The molecule has 4 rings (SSSR count). The maximum atomic E-state index is 12.7. The number of nitrogens with zero attached hydrogens (tertiary/aromatic N) is 2. The van der Waals surface area contributed by atoms with Crippen LogP contribution in [0.2, 0.25) is 0 Å². The van der Waals surface area contributed by atoms with E-state index in [2.05, 4.69) is 28.6 Å². The fourth-order valence-corrected chi connectivity index (χ4v) is 3.10. The van der Waals surface area contributed by atoms with Crippen LogP contribution in [-0.2, 0) is 0 Å². The minimum Gasteiger partial charge on any atom is -0.366 e. The average Bonchev–Trinajstić information content (AvgIpc) is 3.23. The van der Waals surface area contributed by atoms with Crippen LogP contribution in [0.15, 0.2) is 60.6 Å². The lowest BCUT2D eigenvalue weighted by Crippen LogP contribution is -2.35. The van der Waals surface area contributed by atoms with Gasteiger partial charge in [-0.15, -0.1) is 0 Å². The Kier molecular flexibility index (Phi) is 3.61. The third kappa shape index (κ3) is 2.49. The second-order valence-corrected chi connectivity index (χ2v) is 5.81. The van der Waals surface area contributed by atoms with Gasteiger partial charge in [0.25, 0.3) is 0 Å². The summed E-state index contributed by atoms with van der Waals surface area (Å²) in [5.74, 6) is 0. The summed E-state index contributed by atoms with van der Waals surface area (Å²) in [7, 11) is 0. The second kappa shape index (κ2) is 5.79. The number of hydrazine groups is 1. The predicted molar refractivity (Wildman–Crippen MR) is 89.6 cm³/mol. The molecule has 0 fully saturated rings. The summed E-state index contributed by atoms with van der Waals surface area (Å²) in [4.78, 5) is 2.13. The summed E-state index contributed by atoms with van der Waals surface area (Å²) >= 11 is 0. The molecular weight excluding hydrogens is 310 g/mol. The number of halogens is 2. The Morgan fingerprint density at radius 3 is 2.62 bits per heavy atom. The Morgan fingerprint density at radius 1 is 1.17 bits per heavy atom. The maximum absolute atomic E-state index is 12.7. The van der Waals surface area contributed by atoms with Crippen molar-refractivity contribution in [1.29, 1.82) is 0 Å². The van der Waals surface area contributed by atoms with Crippen LogP contribution < -0.4 is 10.7 Å². The van der Waals surface area contributed by atoms with Crippen LogP contribution in [0.4, 0.5) is 8.78 Å². The van der Waals surface area contributed by atoms with Crippen LogP contribution >= 0.6 is 0 Å². The van der Waals surface area contributed by atoms with Gasteiger partial charge in [-0.05, 0) is 35.8 Å². The molecule has 4 nitrogen and oxygen atoms in total. The zero-order chi connectivity index (χ0) is 16.7. The number of hydrogen-bond donors (Lipinski definition) is 2. The van der Waals surface area contributed by atoms with E-state index in [1.165, 1.54) is 6.20 Å². The lowest BCUT2D eigenvalue weighted by Gasteiger charge is -2.30. The Labute approximate surface area is 139 Å². The number of allylic oxidation sites excluding steroid dienone is 3. The molecule has 0 saturated heterocycles. The van der Waals surface area contributed by atoms with E-state index >= 15 is 0 Å². The molecule has 2 N–H and O–H groups in total. The molecular formula is C18H17F2N4. The van der Waals surface area contributed by atoms with E-state index in [-0.39, 0.29) is 6.17 Å². The first-order valence-corrected chi connectivity index (χ1v) is 7.71. The molecule has 0 spiro atoms. The highest BCUT2D eigenvalue weighted by Crippen LogP contribution is 2.32. The van der Waals surface area contributed by atoms with E-state index in [1.807, 2.05) is 42.6 Å². The zero-order valence-electron chi connectivity index (χ0n) is 12.9. The average molecular weight is 327 g/mol. The largest absolute Gasteiger partial charge is 0.366 e. The standard InChI is InChI=1S/C18H17F2N4/c1-12-3-2-4-17-21-10-16(24(12)17)14-7-5-13(6-8-14)15-9-22-23(11-15)18(19)20/h2-8,10-11,17-18,21-22H,1,9H2. The predicted octanol–water partition coefficient (Wildman–Crippen LogP) is 2.89. The molecule has 24 heavy (non-hydrogen) atoms. The molecule has 0 aliphatic carbocycles. The Morgan fingerprint density at radius 2 is 1.92 bits per heavy atom. The number of nitrogens with one attached hydrogen (secondary N) is 2. The summed E-state index contributed by atoms with van der Waals surface area (Å²) in [6, 6.07) is 7.92. The van der Waals surface area contributed by atoms with Crippen LogP contribution in [0, 0.1) is 6.92 Å². The third-order valence-electron chi connectivity index (χ3n) is 4.33. The van der Waals surface area contributed by atoms with Crippen molar-refractivity contribution < 1.29 is 8.78 Å². The van der Waals surface area contributed by atoms with Crippen LogP contribution in [0.5, 0.6) is 0 Å². The quantitative estimate of drug-likeness (QED) is 0.836. The monoisotopic (exact) mass is 327 g/mol. The van der Waals surface area contributed by atoms with Gasteiger partial charge >= 0.3 is 6.55 Å². The Balaban J connectivity index is 1.56. The minimum absolute atomic E-state index is 0.0958. The molecule has 1 unspecified atom stereocenters. The Hall–Kier alpha value is -2.60. The van der Waals surface area contributed by atoms with Crippen LogP contribution in [0.3, 0.4) is 0 Å². The molecule has 1 aromatic rings. The summed E-state index contributed by atoms with van der Waals surface area (Å²) in [6.45, 7) is 1.94. The van der Waals surface area contributed by atoms with Crippen molar-refractivity contribution in [3.05, 3.63) is 78.6 Å². The van der Waals surface area contributed by atoms with E-state index in [0.29, 0.717) is 6.54 Å². The topological polar surface area (TPSA) is 30.5 Å². The van der Waals surface area contributed by atoms with Gasteiger partial charge in [-0.25, -0.2) is 5.43 Å². The summed E-state index contributed by atoms with van der Waals surface area (Å²) < 4.78 is 25.3. The van der Waals surface area contributed by atoms with E-state index < -0.39 is 6.55 Å². The van der Waals surface area contributed by atoms with Crippen molar-refractivity contribution in [2.24, 2.45) is 0 Å². The van der Waals surface area contributed by atoms with Crippen LogP contribution in [-0.4, -0.2) is 29.2 Å². The summed E-state index contributed by atoms with van der Waals surface area (Å²) in [5, 5.41) is 4.14. The van der Waals surface area contributed by atoms with E-state index in [4.69, 9.17) is 0 Å². The number of alkyl halides is 2. The van der Waals surface area contributed by atoms with E-state index in [0.717, 1.165) is 33.1 Å². The van der Waals surface area contributed by atoms with Gasteiger partial charge in [-0.3, -0.25) is 5.01 Å². The van der Waals surface area contributed by atoms with E-state index in [9.17, 15) is 8.78 Å². The van der Waals surface area contributed by atoms with Gasteiger partial charge in [0, 0.05) is 24.6 Å². The number of benzene rings is 1. The molecule has 3 aliphatic rings. The smallest absolute Gasteiger partial charge is 0.327 e.